The molecule has 0 saturated heterocycles. The fraction of sp³-hybridized carbons (Fsp3) is 0.429. The molecule has 5 nitrogen and oxygen atoms in total. The maximum absolute atomic E-state index is 11.5. The summed E-state index contributed by atoms with van der Waals surface area (Å²) in [5.74, 6) is 0.456. The van der Waals surface area contributed by atoms with Crippen molar-refractivity contribution in [1.82, 2.24) is 4.98 Å². The van der Waals surface area contributed by atoms with Crippen molar-refractivity contribution in [3.63, 3.8) is 0 Å². The van der Waals surface area contributed by atoms with E-state index < -0.39 is 6.04 Å². The Morgan fingerprint density at radius 3 is 2.68 bits per heavy atom. The normalized spacial score (nSPS) is 13.5. The molecule has 19 heavy (non-hydrogen) atoms. The van der Waals surface area contributed by atoms with Crippen molar-refractivity contribution in [3.8, 4) is 0 Å². The van der Waals surface area contributed by atoms with E-state index in [-0.39, 0.29) is 11.3 Å². The summed E-state index contributed by atoms with van der Waals surface area (Å²) in [6, 6.07) is 4.82. The molecule has 1 amide bonds. The van der Waals surface area contributed by atoms with Crippen LogP contribution in [0.4, 0.5) is 5.69 Å². The Hall–Kier alpha value is -1.88. The lowest BCUT2D eigenvalue weighted by Crippen LogP contribution is -2.32. The van der Waals surface area contributed by atoms with Crippen LogP contribution < -0.4 is 11.1 Å². The topological polar surface area (TPSA) is 81.2 Å². The monoisotopic (exact) mass is 261 g/mol. The van der Waals surface area contributed by atoms with Crippen molar-refractivity contribution < 1.29 is 9.21 Å². The number of nitrogens with zero attached hydrogens (tertiary/aromatic N) is 1. The molecule has 2 aromatic rings. The first kappa shape index (κ1) is 13.5. The Morgan fingerprint density at radius 1 is 1.42 bits per heavy atom. The molecule has 1 unspecified atom stereocenters. The molecule has 0 aliphatic carbocycles. The predicted octanol–water partition coefficient (Wildman–Crippen LogP) is 2.41. The lowest BCUT2D eigenvalue weighted by molar-refractivity contribution is -0.117. The number of anilines is 1. The summed E-state index contributed by atoms with van der Waals surface area (Å²) in [4.78, 5) is 16.0. The van der Waals surface area contributed by atoms with E-state index >= 15 is 0 Å². The van der Waals surface area contributed by atoms with Crippen molar-refractivity contribution in [3.05, 3.63) is 24.1 Å². The van der Waals surface area contributed by atoms with E-state index in [1.165, 1.54) is 0 Å². The third-order valence-corrected chi connectivity index (χ3v) is 2.71. The first-order valence-electron chi connectivity index (χ1n) is 6.25. The Morgan fingerprint density at radius 2 is 2.11 bits per heavy atom. The number of nitrogens with one attached hydrogen (secondary N) is 1. The van der Waals surface area contributed by atoms with Crippen LogP contribution in [0.3, 0.4) is 0 Å². The first-order valence-corrected chi connectivity index (χ1v) is 6.25. The van der Waals surface area contributed by atoms with Crippen molar-refractivity contribution in [2.24, 2.45) is 5.73 Å². The zero-order valence-electron chi connectivity index (χ0n) is 11.7. The van der Waals surface area contributed by atoms with Gasteiger partial charge >= 0.3 is 0 Å². The second kappa shape index (κ2) is 4.66. The molecule has 0 saturated carbocycles. The molecule has 1 aromatic carbocycles. The van der Waals surface area contributed by atoms with Crippen LogP contribution in [0.2, 0.25) is 0 Å². The van der Waals surface area contributed by atoms with Crippen LogP contribution >= 0.6 is 0 Å². The van der Waals surface area contributed by atoms with Gasteiger partial charge < -0.3 is 15.5 Å². The molecule has 0 fully saturated rings. The molecule has 0 aliphatic rings. The molecule has 1 aromatic heterocycles. The van der Waals surface area contributed by atoms with Crippen LogP contribution in [0.25, 0.3) is 11.1 Å². The molecular formula is C14H19N3O2. The van der Waals surface area contributed by atoms with Crippen LogP contribution in [-0.4, -0.2) is 16.9 Å². The van der Waals surface area contributed by atoms with Crippen molar-refractivity contribution >= 4 is 22.7 Å². The van der Waals surface area contributed by atoms with Crippen LogP contribution in [0.15, 0.2) is 22.6 Å². The van der Waals surface area contributed by atoms with Gasteiger partial charge in [-0.1, -0.05) is 20.8 Å². The smallest absolute Gasteiger partial charge is 0.240 e. The molecular weight excluding hydrogens is 242 g/mol. The van der Waals surface area contributed by atoms with E-state index in [2.05, 4.69) is 10.3 Å². The van der Waals surface area contributed by atoms with Gasteiger partial charge in [0, 0.05) is 11.1 Å². The number of oxazole rings is 1. The second-order valence-corrected chi connectivity index (χ2v) is 5.73. The summed E-state index contributed by atoms with van der Waals surface area (Å²) >= 11 is 0. The Balaban J connectivity index is 2.33. The molecule has 3 N–H and O–H groups in total. The minimum atomic E-state index is -0.543. The Bertz CT molecular complexity index is 609. The Kier molecular flexibility index (Phi) is 3.32. The van der Waals surface area contributed by atoms with Crippen molar-refractivity contribution in [1.29, 1.82) is 0 Å². The number of nitrogens with two attached hydrogens (primary N) is 1. The third kappa shape index (κ3) is 2.93. The van der Waals surface area contributed by atoms with E-state index in [0.29, 0.717) is 17.2 Å². The molecule has 0 aliphatic heterocycles. The molecule has 102 valence electrons. The van der Waals surface area contributed by atoms with Crippen LogP contribution in [0.5, 0.6) is 0 Å². The van der Waals surface area contributed by atoms with Gasteiger partial charge in [0.25, 0.3) is 0 Å². The average molecular weight is 261 g/mol. The number of fused-ring (bicyclic) bond motifs is 1. The highest BCUT2D eigenvalue weighted by atomic mass is 16.3. The number of aromatic nitrogens is 1. The van der Waals surface area contributed by atoms with E-state index in [0.717, 1.165) is 5.52 Å². The third-order valence-electron chi connectivity index (χ3n) is 2.71. The standard InChI is InChI=1S/C14H19N3O2/c1-8(15)12(18)16-9-5-6-11-10(7-9)17-13(19-11)14(2,3)4/h5-8H,15H2,1-4H3,(H,16,18). The maximum atomic E-state index is 11.5. The first-order chi connectivity index (χ1) is 8.77. The minimum absolute atomic E-state index is 0.145. The molecule has 1 heterocycles. The van der Waals surface area contributed by atoms with Gasteiger partial charge in [0.1, 0.15) is 5.52 Å². The van der Waals surface area contributed by atoms with E-state index in [1.807, 2.05) is 20.8 Å². The van der Waals surface area contributed by atoms with Gasteiger partial charge in [-0.2, -0.15) is 0 Å². The highest BCUT2D eigenvalue weighted by Crippen LogP contribution is 2.27. The maximum Gasteiger partial charge on any atom is 0.240 e. The van der Waals surface area contributed by atoms with Crippen molar-refractivity contribution in [2.75, 3.05) is 5.32 Å². The van der Waals surface area contributed by atoms with Gasteiger partial charge in [0.05, 0.1) is 6.04 Å². The largest absolute Gasteiger partial charge is 0.440 e. The van der Waals surface area contributed by atoms with Gasteiger partial charge in [0.15, 0.2) is 5.58 Å². The highest BCUT2D eigenvalue weighted by molar-refractivity contribution is 5.95. The number of carbonyl (C=O) groups is 1. The molecule has 1 atom stereocenters. The number of rotatable bonds is 2. The highest BCUT2D eigenvalue weighted by Gasteiger charge is 2.21. The SMILES string of the molecule is CC(N)C(=O)Nc1ccc2oc(C(C)(C)C)nc2c1. The lowest BCUT2D eigenvalue weighted by Gasteiger charge is -2.11. The van der Waals surface area contributed by atoms with E-state index in [9.17, 15) is 4.79 Å². The van der Waals surface area contributed by atoms with E-state index in [4.69, 9.17) is 10.2 Å². The average Bonchev–Trinajstić information content (AvgIpc) is 2.71. The summed E-state index contributed by atoms with van der Waals surface area (Å²) in [6.07, 6.45) is 0. The van der Waals surface area contributed by atoms with Crippen LogP contribution in [0.1, 0.15) is 33.6 Å². The Labute approximate surface area is 112 Å². The quantitative estimate of drug-likeness (QED) is 0.869. The zero-order valence-corrected chi connectivity index (χ0v) is 11.7. The summed E-state index contributed by atoms with van der Waals surface area (Å²) < 4.78 is 5.69. The number of amides is 1. The predicted molar refractivity (Wildman–Crippen MR) is 75.0 cm³/mol. The summed E-state index contributed by atoms with van der Waals surface area (Å²) in [6.45, 7) is 7.76. The van der Waals surface area contributed by atoms with Gasteiger partial charge in [-0.25, -0.2) is 4.98 Å². The van der Waals surface area contributed by atoms with Crippen LogP contribution in [0, 0.1) is 0 Å². The van der Waals surface area contributed by atoms with Crippen LogP contribution in [-0.2, 0) is 10.2 Å². The zero-order chi connectivity index (χ0) is 14.2. The fourth-order valence-electron chi connectivity index (χ4n) is 1.58. The van der Waals surface area contributed by atoms with Gasteiger partial charge in [-0.15, -0.1) is 0 Å². The summed E-state index contributed by atoms with van der Waals surface area (Å²) in [5, 5.41) is 2.74. The van der Waals surface area contributed by atoms with Gasteiger partial charge in [-0.3, -0.25) is 4.79 Å². The molecule has 0 bridgehead atoms. The number of benzene rings is 1. The second-order valence-electron chi connectivity index (χ2n) is 5.73. The number of hydrogen-bond acceptors (Lipinski definition) is 4. The fourth-order valence-corrected chi connectivity index (χ4v) is 1.58. The number of carbonyl (C=O) groups excluding carboxylic acids is 1. The summed E-state index contributed by atoms with van der Waals surface area (Å²) in [7, 11) is 0. The minimum Gasteiger partial charge on any atom is -0.440 e. The van der Waals surface area contributed by atoms with Gasteiger partial charge in [-0.05, 0) is 25.1 Å². The molecule has 0 radical (unpaired) electrons. The van der Waals surface area contributed by atoms with Crippen molar-refractivity contribution in [2.45, 2.75) is 39.2 Å². The van der Waals surface area contributed by atoms with Gasteiger partial charge in [0.2, 0.25) is 11.8 Å². The molecule has 0 spiro atoms. The number of hydrogen-bond donors (Lipinski definition) is 2. The molecule has 5 heteroatoms. The molecule has 2 rings (SSSR count). The van der Waals surface area contributed by atoms with E-state index in [1.54, 1.807) is 25.1 Å². The summed E-state index contributed by atoms with van der Waals surface area (Å²) in [5.41, 5.74) is 7.48. The lowest BCUT2D eigenvalue weighted by atomic mass is 9.97.